The van der Waals surface area contributed by atoms with Crippen LogP contribution in [0, 0.1) is 0 Å². The number of hydrogen-bond acceptors (Lipinski definition) is 4. The summed E-state index contributed by atoms with van der Waals surface area (Å²) in [5.74, 6) is 1.92. The van der Waals surface area contributed by atoms with Crippen LogP contribution in [0.3, 0.4) is 0 Å². The van der Waals surface area contributed by atoms with Crippen LogP contribution in [-0.4, -0.2) is 19.5 Å². The molecule has 0 atom stereocenters. The smallest absolute Gasteiger partial charge is 0.164 e. The molecule has 0 unspecified atom stereocenters. The van der Waals surface area contributed by atoms with E-state index < -0.39 is 0 Å². The third kappa shape index (κ3) is 3.91. The molecule has 44 heavy (non-hydrogen) atoms. The van der Waals surface area contributed by atoms with Gasteiger partial charge in [0.1, 0.15) is 11.2 Å². The monoisotopic (exact) mass is 564 g/mol. The summed E-state index contributed by atoms with van der Waals surface area (Å²) in [4.78, 5) is 14.8. The lowest BCUT2D eigenvalue weighted by Gasteiger charge is -2.11. The van der Waals surface area contributed by atoms with Gasteiger partial charge in [-0.1, -0.05) is 109 Å². The maximum atomic E-state index is 6.26. The van der Waals surface area contributed by atoms with Crippen LogP contribution in [0.25, 0.3) is 83.6 Å². The van der Waals surface area contributed by atoms with Crippen molar-refractivity contribution >= 4 is 43.7 Å². The molecule has 0 spiro atoms. The molecule has 0 radical (unpaired) electrons. The molecule has 0 fully saturated rings. The third-order valence-corrected chi connectivity index (χ3v) is 8.23. The van der Waals surface area contributed by atoms with E-state index in [-0.39, 0.29) is 0 Å². The van der Waals surface area contributed by atoms with Crippen molar-refractivity contribution in [2.24, 2.45) is 0 Å². The maximum Gasteiger partial charge on any atom is 0.164 e. The lowest BCUT2D eigenvalue weighted by atomic mass is 10.1. The number of furan rings is 1. The van der Waals surface area contributed by atoms with Crippen molar-refractivity contribution in [1.29, 1.82) is 0 Å². The van der Waals surface area contributed by atoms with Gasteiger partial charge in [-0.05, 0) is 36.4 Å². The second kappa shape index (κ2) is 9.75. The zero-order valence-electron chi connectivity index (χ0n) is 23.6. The number of fused-ring (bicyclic) bond motifs is 6. The zero-order valence-corrected chi connectivity index (χ0v) is 23.6. The Kier molecular flexibility index (Phi) is 5.43. The van der Waals surface area contributed by atoms with E-state index in [4.69, 9.17) is 19.4 Å². The summed E-state index contributed by atoms with van der Waals surface area (Å²) in [7, 11) is 0. The molecule has 0 aliphatic carbocycles. The summed E-state index contributed by atoms with van der Waals surface area (Å²) in [6.07, 6.45) is 0. The fraction of sp³-hybridized carbons (Fsp3) is 0. The zero-order chi connectivity index (χ0) is 29.0. The minimum absolute atomic E-state index is 0.628. The van der Waals surface area contributed by atoms with Gasteiger partial charge in [-0.2, -0.15) is 0 Å². The molecule has 0 N–H and O–H groups in total. The maximum absolute atomic E-state index is 6.26. The molecule has 9 aromatic rings. The molecule has 0 aliphatic rings. The summed E-state index contributed by atoms with van der Waals surface area (Å²) >= 11 is 0. The van der Waals surface area contributed by atoms with Crippen LogP contribution in [0.1, 0.15) is 0 Å². The highest BCUT2D eigenvalue weighted by Gasteiger charge is 2.18. The third-order valence-electron chi connectivity index (χ3n) is 8.23. The van der Waals surface area contributed by atoms with Crippen LogP contribution >= 0.6 is 0 Å². The molecule has 0 bridgehead atoms. The lowest BCUT2D eigenvalue weighted by molar-refractivity contribution is 0.669. The number of benzene rings is 6. The molecule has 5 heteroatoms. The van der Waals surface area contributed by atoms with Gasteiger partial charge in [-0.15, -0.1) is 0 Å². The molecular weight excluding hydrogens is 540 g/mol. The van der Waals surface area contributed by atoms with Gasteiger partial charge in [-0.25, -0.2) is 15.0 Å². The van der Waals surface area contributed by atoms with E-state index in [1.165, 1.54) is 5.39 Å². The first-order valence-electron chi connectivity index (χ1n) is 14.6. The lowest BCUT2D eigenvalue weighted by Crippen LogP contribution is -2.01. The quantitative estimate of drug-likeness (QED) is 0.213. The second-order valence-corrected chi connectivity index (χ2v) is 10.9. The van der Waals surface area contributed by atoms with Crippen molar-refractivity contribution in [2.75, 3.05) is 0 Å². The first-order valence-corrected chi connectivity index (χ1v) is 14.6. The Bertz CT molecular complexity index is 2440. The number of hydrogen-bond donors (Lipinski definition) is 0. The highest BCUT2D eigenvalue weighted by molar-refractivity contribution is 6.17. The van der Waals surface area contributed by atoms with Crippen LogP contribution in [0.5, 0.6) is 0 Å². The minimum Gasteiger partial charge on any atom is -0.456 e. The molecule has 3 heterocycles. The van der Waals surface area contributed by atoms with E-state index in [0.717, 1.165) is 60.7 Å². The molecule has 0 saturated heterocycles. The Morgan fingerprint density at radius 3 is 1.70 bits per heavy atom. The first kappa shape index (κ1) is 24.5. The Morgan fingerprint density at radius 2 is 0.977 bits per heavy atom. The highest BCUT2D eigenvalue weighted by atomic mass is 16.3. The molecule has 9 rings (SSSR count). The minimum atomic E-state index is 0.628. The van der Waals surface area contributed by atoms with Crippen molar-refractivity contribution in [3.05, 3.63) is 146 Å². The van der Waals surface area contributed by atoms with E-state index in [2.05, 4.69) is 77.4 Å². The van der Waals surface area contributed by atoms with E-state index >= 15 is 0 Å². The number of nitrogens with zero attached hydrogens (tertiary/aromatic N) is 4. The van der Waals surface area contributed by atoms with Crippen molar-refractivity contribution in [1.82, 2.24) is 19.5 Å². The van der Waals surface area contributed by atoms with E-state index in [1.807, 2.05) is 72.8 Å². The Hall–Kier alpha value is -6.07. The van der Waals surface area contributed by atoms with Crippen LogP contribution in [-0.2, 0) is 0 Å². The predicted octanol–water partition coefficient (Wildman–Crippen LogP) is 9.87. The van der Waals surface area contributed by atoms with Gasteiger partial charge in [0.25, 0.3) is 0 Å². The fourth-order valence-corrected chi connectivity index (χ4v) is 6.19. The van der Waals surface area contributed by atoms with Gasteiger partial charge in [0.15, 0.2) is 17.5 Å². The number of aromatic nitrogens is 4. The molecule has 5 nitrogen and oxygen atoms in total. The molecule has 0 aliphatic heterocycles. The highest BCUT2D eigenvalue weighted by Crippen LogP contribution is 2.38. The molecular formula is C39H24N4O. The number of rotatable bonds is 4. The largest absolute Gasteiger partial charge is 0.456 e. The summed E-state index contributed by atoms with van der Waals surface area (Å²) in [5, 5.41) is 4.54. The molecule has 3 aromatic heterocycles. The molecule has 206 valence electrons. The van der Waals surface area contributed by atoms with Gasteiger partial charge in [0.05, 0.1) is 11.0 Å². The average molecular weight is 565 g/mol. The van der Waals surface area contributed by atoms with Crippen LogP contribution in [0.4, 0.5) is 0 Å². The predicted molar refractivity (Wildman–Crippen MR) is 178 cm³/mol. The Balaban J connectivity index is 1.27. The molecule has 0 saturated carbocycles. The van der Waals surface area contributed by atoms with E-state index in [9.17, 15) is 0 Å². The summed E-state index contributed by atoms with van der Waals surface area (Å²) in [6, 6.07) is 49.8. The SMILES string of the molecule is c1ccc(-c2nc(-c3ccccc3)nc(-c3cccc(-n4c5ccccc5c5cc6oc7ccccc7c6cc54)c3)n2)cc1. The van der Waals surface area contributed by atoms with Crippen LogP contribution < -0.4 is 0 Å². The van der Waals surface area contributed by atoms with Crippen LogP contribution in [0.2, 0.25) is 0 Å². The van der Waals surface area contributed by atoms with Crippen molar-refractivity contribution < 1.29 is 4.42 Å². The van der Waals surface area contributed by atoms with Gasteiger partial charge >= 0.3 is 0 Å². The first-order chi connectivity index (χ1) is 21.8. The van der Waals surface area contributed by atoms with E-state index in [0.29, 0.717) is 17.5 Å². The molecule has 6 aromatic carbocycles. The summed E-state index contributed by atoms with van der Waals surface area (Å²) in [6.45, 7) is 0. The van der Waals surface area contributed by atoms with Crippen LogP contribution in [0.15, 0.2) is 150 Å². The number of para-hydroxylation sites is 2. The van der Waals surface area contributed by atoms with E-state index in [1.54, 1.807) is 0 Å². The van der Waals surface area contributed by atoms with Gasteiger partial charge in [0.2, 0.25) is 0 Å². The van der Waals surface area contributed by atoms with Gasteiger partial charge in [0, 0.05) is 43.9 Å². The van der Waals surface area contributed by atoms with Gasteiger partial charge < -0.3 is 8.98 Å². The summed E-state index contributed by atoms with van der Waals surface area (Å²) < 4.78 is 8.59. The molecule has 0 amide bonds. The van der Waals surface area contributed by atoms with Crippen molar-refractivity contribution in [3.63, 3.8) is 0 Å². The standard InChI is InChI=1S/C39H24N4O/c1-3-12-25(13-4-1)37-40-38(26-14-5-2-6-15-26)42-39(41-37)27-16-11-17-28(22-27)43-33-20-9-7-18-29(33)31-24-36-32(23-34(31)43)30-19-8-10-21-35(30)44-36/h1-24H. The topological polar surface area (TPSA) is 56.7 Å². The van der Waals surface area contributed by atoms with Gasteiger partial charge in [-0.3, -0.25) is 0 Å². The summed E-state index contributed by atoms with van der Waals surface area (Å²) in [5.41, 5.74) is 7.87. The van der Waals surface area contributed by atoms with Crippen molar-refractivity contribution in [2.45, 2.75) is 0 Å². The van der Waals surface area contributed by atoms with Crippen molar-refractivity contribution in [3.8, 4) is 39.9 Å². The Labute approximate surface area is 252 Å². The average Bonchev–Trinajstić information content (AvgIpc) is 3.62. The Morgan fingerprint density at radius 1 is 0.386 bits per heavy atom. The second-order valence-electron chi connectivity index (χ2n) is 10.9. The fourth-order valence-electron chi connectivity index (χ4n) is 6.19. The normalized spacial score (nSPS) is 11.6.